The number of ketones is 1. The Balaban J connectivity index is 1.92. The molecule has 2 N–H and O–H groups in total. The Morgan fingerprint density at radius 3 is 2.52 bits per heavy atom. The maximum absolute atomic E-state index is 12.2. The molecule has 0 saturated heterocycles. The van der Waals surface area contributed by atoms with Gasteiger partial charge in [0.1, 0.15) is 6.04 Å². The van der Waals surface area contributed by atoms with E-state index < -0.39 is 18.8 Å². The molecule has 6 nitrogen and oxygen atoms in total. The Labute approximate surface area is 153 Å². The molecule has 1 unspecified atom stereocenters. The summed E-state index contributed by atoms with van der Waals surface area (Å²) in [4.78, 5) is 27.4. The number of Topliss-reactive ketones (excluding diaryl/α,β-unsaturated/α-hetero) is 1. The topological polar surface area (TPSA) is 80.3 Å². The van der Waals surface area contributed by atoms with Crippen molar-refractivity contribution in [2.75, 3.05) is 17.2 Å². The Hall–Kier alpha value is -3.10. The number of hydrogen-bond donors (Lipinski definition) is 2. The molecule has 1 heterocycles. The van der Waals surface area contributed by atoms with Crippen LogP contribution in [0.15, 0.2) is 42.6 Å². The number of carbonyl (C=O) groups excluding carboxylic acids is 2. The Bertz CT molecular complexity index is 807. The van der Waals surface area contributed by atoms with Crippen molar-refractivity contribution in [2.24, 2.45) is 0 Å². The van der Waals surface area contributed by atoms with Crippen LogP contribution in [0.2, 0.25) is 0 Å². The highest BCUT2D eigenvalue weighted by molar-refractivity contribution is 5.99. The lowest BCUT2D eigenvalue weighted by Crippen LogP contribution is -2.31. The van der Waals surface area contributed by atoms with Crippen molar-refractivity contribution in [1.29, 1.82) is 0 Å². The zero-order chi connectivity index (χ0) is 20.0. The van der Waals surface area contributed by atoms with Crippen LogP contribution in [0.4, 0.5) is 24.5 Å². The highest BCUT2D eigenvalue weighted by Crippen LogP contribution is 2.18. The molecule has 0 saturated carbocycles. The minimum atomic E-state index is -4.44. The first-order valence-electron chi connectivity index (χ1n) is 7.98. The van der Waals surface area contributed by atoms with Gasteiger partial charge in [-0.15, -0.1) is 0 Å². The van der Waals surface area contributed by atoms with E-state index in [9.17, 15) is 22.8 Å². The number of hydrogen-bond acceptors (Lipinski definition) is 5. The minimum Gasteiger partial charge on any atom is -0.468 e. The second-order valence-corrected chi connectivity index (χ2v) is 5.78. The number of ether oxygens (including phenoxy) is 1. The van der Waals surface area contributed by atoms with Crippen molar-refractivity contribution in [3.05, 3.63) is 48.2 Å². The molecule has 1 aromatic carbocycles. The van der Waals surface area contributed by atoms with E-state index >= 15 is 0 Å². The number of rotatable bonds is 7. The van der Waals surface area contributed by atoms with Gasteiger partial charge in [-0.3, -0.25) is 9.59 Å². The molecule has 0 bridgehead atoms. The van der Waals surface area contributed by atoms with Gasteiger partial charge in [-0.05, 0) is 32.0 Å². The molecule has 9 heteroatoms. The van der Waals surface area contributed by atoms with Gasteiger partial charge < -0.3 is 15.4 Å². The van der Waals surface area contributed by atoms with Crippen molar-refractivity contribution >= 4 is 23.1 Å². The van der Waals surface area contributed by atoms with E-state index in [4.69, 9.17) is 0 Å². The fourth-order valence-corrected chi connectivity index (χ4v) is 2.09. The van der Waals surface area contributed by atoms with Gasteiger partial charge in [0.15, 0.2) is 12.4 Å². The lowest BCUT2D eigenvalue weighted by Gasteiger charge is -2.16. The average molecular weight is 381 g/mol. The number of amides is 1. The summed E-state index contributed by atoms with van der Waals surface area (Å²) in [6.45, 7) is 1.61. The molecule has 27 heavy (non-hydrogen) atoms. The summed E-state index contributed by atoms with van der Waals surface area (Å²) >= 11 is 0. The number of anilines is 2. The lowest BCUT2D eigenvalue weighted by atomic mass is 10.1. The smallest absolute Gasteiger partial charge is 0.422 e. The molecular weight excluding hydrogens is 363 g/mol. The summed E-state index contributed by atoms with van der Waals surface area (Å²) in [5.74, 6) is -0.639. The molecule has 1 aromatic heterocycles. The second-order valence-electron chi connectivity index (χ2n) is 5.78. The summed E-state index contributed by atoms with van der Waals surface area (Å²) in [6, 6.07) is 8.61. The van der Waals surface area contributed by atoms with Crippen molar-refractivity contribution in [3.63, 3.8) is 0 Å². The monoisotopic (exact) mass is 381 g/mol. The first-order valence-corrected chi connectivity index (χ1v) is 7.98. The molecule has 0 aliphatic carbocycles. The number of benzene rings is 1. The van der Waals surface area contributed by atoms with Gasteiger partial charge >= 0.3 is 6.18 Å². The molecule has 1 amide bonds. The van der Waals surface area contributed by atoms with Crippen LogP contribution in [0.3, 0.4) is 0 Å². The SMILES string of the molecule is CC(=O)c1cccc(NC(=O)C(C)Nc2ccc(OCC(F)(F)F)nc2)c1. The molecule has 0 radical (unpaired) electrons. The van der Waals surface area contributed by atoms with Gasteiger partial charge in [-0.25, -0.2) is 4.98 Å². The van der Waals surface area contributed by atoms with Crippen molar-refractivity contribution in [3.8, 4) is 5.88 Å². The summed E-state index contributed by atoms with van der Waals surface area (Å²) in [6.07, 6.45) is -3.17. The number of nitrogens with zero attached hydrogens (tertiary/aromatic N) is 1. The van der Waals surface area contributed by atoms with Crippen LogP contribution in [0.5, 0.6) is 5.88 Å². The van der Waals surface area contributed by atoms with Gasteiger partial charge in [-0.1, -0.05) is 12.1 Å². The molecule has 0 aliphatic rings. The van der Waals surface area contributed by atoms with E-state index in [2.05, 4.69) is 20.4 Å². The largest absolute Gasteiger partial charge is 0.468 e. The number of halogens is 3. The number of alkyl halides is 3. The first-order chi connectivity index (χ1) is 12.6. The van der Waals surface area contributed by atoms with Gasteiger partial charge in [0, 0.05) is 17.3 Å². The van der Waals surface area contributed by atoms with Crippen molar-refractivity contribution in [1.82, 2.24) is 4.98 Å². The second kappa shape index (κ2) is 8.52. The molecular formula is C18H18F3N3O3. The van der Waals surface area contributed by atoms with Gasteiger partial charge in [-0.2, -0.15) is 13.2 Å². The minimum absolute atomic E-state index is 0.115. The summed E-state index contributed by atoms with van der Waals surface area (Å²) < 4.78 is 40.8. The summed E-state index contributed by atoms with van der Waals surface area (Å²) in [7, 11) is 0. The molecule has 2 aromatic rings. The van der Waals surface area contributed by atoms with Crippen molar-refractivity contribution in [2.45, 2.75) is 26.1 Å². The standard InChI is InChI=1S/C18H18F3N3O3/c1-11(17(26)24-14-5-3-4-13(8-14)12(2)25)23-15-6-7-16(22-9-15)27-10-18(19,20)21/h3-9,11,23H,10H2,1-2H3,(H,24,26). The lowest BCUT2D eigenvalue weighted by molar-refractivity contribution is -0.154. The average Bonchev–Trinajstić information content (AvgIpc) is 2.60. The number of carbonyl (C=O) groups is 2. The van der Waals surface area contributed by atoms with Gasteiger partial charge in [0.05, 0.1) is 11.9 Å². The van der Waals surface area contributed by atoms with E-state index in [0.29, 0.717) is 16.9 Å². The van der Waals surface area contributed by atoms with Crippen LogP contribution in [0.1, 0.15) is 24.2 Å². The Morgan fingerprint density at radius 1 is 1.19 bits per heavy atom. The Morgan fingerprint density at radius 2 is 1.93 bits per heavy atom. The van der Waals surface area contributed by atoms with Crippen LogP contribution in [-0.4, -0.2) is 35.5 Å². The van der Waals surface area contributed by atoms with Gasteiger partial charge in [0.25, 0.3) is 0 Å². The quantitative estimate of drug-likeness (QED) is 0.716. The van der Waals surface area contributed by atoms with E-state index in [1.807, 2.05) is 0 Å². The van der Waals surface area contributed by atoms with Crippen LogP contribution in [-0.2, 0) is 4.79 Å². The normalized spacial score (nSPS) is 12.2. The molecule has 1 atom stereocenters. The van der Waals surface area contributed by atoms with Crippen LogP contribution >= 0.6 is 0 Å². The first kappa shape index (κ1) is 20.2. The number of aromatic nitrogens is 1. The fraction of sp³-hybridized carbons (Fsp3) is 0.278. The molecule has 144 valence electrons. The van der Waals surface area contributed by atoms with Crippen LogP contribution in [0.25, 0.3) is 0 Å². The third kappa shape index (κ3) is 6.61. The maximum atomic E-state index is 12.2. The van der Waals surface area contributed by atoms with E-state index in [1.165, 1.54) is 25.3 Å². The molecule has 0 aliphatic heterocycles. The highest BCUT2D eigenvalue weighted by Gasteiger charge is 2.28. The van der Waals surface area contributed by atoms with Crippen LogP contribution < -0.4 is 15.4 Å². The number of nitrogens with one attached hydrogen (secondary N) is 2. The van der Waals surface area contributed by atoms with E-state index in [-0.39, 0.29) is 17.6 Å². The van der Waals surface area contributed by atoms with Crippen molar-refractivity contribution < 1.29 is 27.5 Å². The highest BCUT2D eigenvalue weighted by atomic mass is 19.4. The fourth-order valence-electron chi connectivity index (χ4n) is 2.09. The predicted octanol–water partition coefficient (Wildman–Crippen LogP) is 3.66. The van der Waals surface area contributed by atoms with Crippen LogP contribution in [0, 0.1) is 0 Å². The zero-order valence-corrected chi connectivity index (χ0v) is 14.6. The molecule has 2 rings (SSSR count). The third-order valence-electron chi connectivity index (χ3n) is 3.43. The summed E-state index contributed by atoms with van der Waals surface area (Å²) in [5, 5.41) is 5.56. The van der Waals surface area contributed by atoms with E-state index in [0.717, 1.165) is 0 Å². The summed E-state index contributed by atoms with van der Waals surface area (Å²) in [5.41, 5.74) is 1.40. The molecule has 0 fully saturated rings. The third-order valence-corrected chi connectivity index (χ3v) is 3.43. The number of pyridine rings is 1. The predicted molar refractivity (Wildman–Crippen MR) is 93.9 cm³/mol. The molecule has 0 spiro atoms. The maximum Gasteiger partial charge on any atom is 0.422 e. The van der Waals surface area contributed by atoms with E-state index in [1.54, 1.807) is 31.2 Å². The zero-order valence-electron chi connectivity index (χ0n) is 14.6. The Kier molecular flexibility index (Phi) is 6.38. The van der Waals surface area contributed by atoms with Gasteiger partial charge in [0.2, 0.25) is 11.8 Å².